The second kappa shape index (κ2) is 11.4. The molecule has 0 saturated heterocycles. The zero-order valence-corrected chi connectivity index (χ0v) is 11.6. The molecule has 1 amide bonds. The number of nitrogens with two attached hydrogens (primary N) is 1. The highest BCUT2D eigenvalue weighted by atomic mass is 16.5. The first-order chi connectivity index (χ1) is 8.57. The fourth-order valence-corrected chi connectivity index (χ4v) is 1.34. The van der Waals surface area contributed by atoms with Crippen LogP contribution in [0.1, 0.15) is 20.3 Å². The summed E-state index contributed by atoms with van der Waals surface area (Å²) in [5.74, 6) is -0.398. The lowest BCUT2D eigenvalue weighted by Crippen LogP contribution is -2.47. The van der Waals surface area contributed by atoms with Gasteiger partial charge in [0.1, 0.15) is 6.04 Å². The number of nitrogens with one attached hydrogen (secondary N) is 1. The topological polar surface area (TPSA) is 82.8 Å². The molecular weight excluding hydrogens is 236 g/mol. The molecule has 0 aromatic carbocycles. The van der Waals surface area contributed by atoms with Crippen LogP contribution in [0.3, 0.4) is 0 Å². The maximum atomic E-state index is 11.1. The van der Waals surface area contributed by atoms with Crippen molar-refractivity contribution in [1.82, 2.24) is 5.32 Å². The summed E-state index contributed by atoms with van der Waals surface area (Å²) in [6, 6.07) is -0.255. The summed E-state index contributed by atoms with van der Waals surface area (Å²) in [5, 5.41) is 3.04. The molecule has 0 aliphatic rings. The molecule has 0 aromatic heterocycles. The molecule has 6 heteroatoms. The van der Waals surface area contributed by atoms with Crippen molar-refractivity contribution in [2.75, 3.05) is 40.1 Å². The van der Waals surface area contributed by atoms with Gasteiger partial charge < -0.3 is 25.3 Å². The number of hydrogen-bond acceptors (Lipinski definition) is 5. The van der Waals surface area contributed by atoms with Crippen LogP contribution in [0.15, 0.2) is 0 Å². The van der Waals surface area contributed by atoms with Crippen LogP contribution in [-0.4, -0.2) is 58.1 Å². The largest absolute Gasteiger partial charge is 0.385 e. The van der Waals surface area contributed by atoms with Crippen molar-refractivity contribution in [2.45, 2.75) is 32.4 Å². The molecule has 108 valence electrons. The van der Waals surface area contributed by atoms with Crippen molar-refractivity contribution in [1.29, 1.82) is 0 Å². The summed E-state index contributed by atoms with van der Waals surface area (Å²) in [6.45, 7) is 6.50. The number of ether oxygens (including phenoxy) is 3. The minimum Gasteiger partial charge on any atom is -0.385 e. The van der Waals surface area contributed by atoms with Gasteiger partial charge in [0.15, 0.2) is 0 Å². The molecule has 0 rings (SSSR count). The molecule has 0 spiro atoms. The van der Waals surface area contributed by atoms with Gasteiger partial charge in [-0.3, -0.25) is 4.79 Å². The maximum absolute atomic E-state index is 11.1. The molecule has 0 heterocycles. The minimum absolute atomic E-state index is 0.191. The van der Waals surface area contributed by atoms with Crippen molar-refractivity contribution < 1.29 is 19.0 Å². The Morgan fingerprint density at radius 2 is 1.83 bits per heavy atom. The average Bonchev–Trinajstić information content (AvgIpc) is 2.30. The Morgan fingerprint density at radius 3 is 2.39 bits per heavy atom. The Labute approximate surface area is 109 Å². The van der Waals surface area contributed by atoms with Gasteiger partial charge in [0, 0.05) is 26.4 Å². The van der Waals surface area contributed by atoms with Gasteiger partial charge in [-0.05, 0) is 6.42 Å². The lowest BCUT2D eigenvalue weighted by atomic mass is 10.2. The number of hydrogen-bond donors (Lipinski definition) is 2. The van der Waals surface area contributed by atoms with Crippen molar-refractivity contribution in [2.24, 2.45) is 5.73 Å². The quantitative estimate of drug-likeness (QED) is 0.480. The summed E-state index contributed by atoms with van der Waals surface area (Å²) in [4.78, 5) is 11.1. The number of carbonyl (C=O) groups is 1. The van der Waals surface area contributed by atoms with E-state index < -0.39 is 11.9 Å². The van der Waals surface area contributed by atoms with Gasteiger partial charge in [-0.25, -0.2) is 0 Å². The number of amides is 1. The second-order valence-corrected chi connectivity index (χ2v) is 4.31. The molecule has 6 nitrogen and oxygen atoms in total. The molecule has 0 aromatic rings. The smallest absolute Gasteiger partial charge is 0.236 e. The molecule has 0 saturated carbocycles. The van der Waals surface area contributed by atoms with Crippen LogP contribution in [0.25, 0.3) is 0 Å². The monoisotopic (exact) mass is 262 g/mol. The van der Waals surface area contributed by atoms with Crippen LogP contribution < -0.4 is 11.1 Å². The number of methoxy groups -OCH3 is 1. The molecular formula is C12H26N2O4. The van der Waals surface area contributed by atoms with E-state index in [4.69, 9.17) is 19.9 Å². The second-order valence-electron chi connectivity index (χ2n) is 4.31. The zero-order chi connectivity index (χ0) is 13.8. The van der Waals surface area contributed by atoms with E-state index in [1.165, 1.54) is 0 Å². The first kappa shape index (κ1) is 17.3. The van der Waals surface area contributed by atoms with Gasteiger partial charge in [0.2, 0.25) is 5.91 Å². The molecule has 0 aliphatic heterocycles. The fraction of sp³-hybridized carbons (Fsp3) is 0.917. The van der Waals surface area contributed by atoms with Gasteiger partial charge in [-0.1, -0.05) is 13.8 Å². The van der Waals surface area contributed by atoms with Crippen molar-refractivity contribution >= 4 is 5.91 Å². The van der Waals surface area contributed by atoms with Crippen LogP contribution in [0.5, 0.6) is 0 Å². The Balaban J connectivity index is 3.47. The van der Waals surface area contributed by atoms with E-state index in [0.29, 0.717) is 26.4 Å². The highest BCUT2D eigenvalue weighted by molar-refractivity contribution is 5.80. The van der Waals surface area contributed by atoms with E-state index >= 15 is 0 Å². The standard InChI is InChI=1S/C12H26N2O4/c1-10(2)14-11(12(13)15)9-18-8-7-17-6-4-5-16-3/h10-11,14H,4-9H2,1-3H3,(H2,13,15). The van der Waals surface area contributed by atoms with Crippen molar-refractivity contribution in [3.05, 3.63) is 0 Å². The third-order valence-electron chi connectivity index (χ3n) is 2.17. The Kier molecular flexibility index (Phi) is 11.0. The van der Waals surface area contributed by atoms with Crippen molar-refractivity contribution in [3.8, 4) is 0 Å². The minimum atomic E-state index is -0.446. The van der Waals surface area contributed by atoms with Crippen LogP contribution >= 0.6 is 0 Å². The first-order valence-corrected chi connectivity index (χ1v) is 6.27. The predicted molar refractivity (Wildman–Crippen MR) is 69.4 cm³/mol. The third-order valence-corrected chi connectivity index (χ3v) is 2.17. The third kappa shape index (κ3) is 10.5. The van der Waals surface area contributed by atoms with Gasteiger partial charge in [-0.2, -0.15) is 0 Å². The van der Waals surface area contributed by atoms with E-state index in [2.05, 4.69) is 5.32 Å². The van der Waals surface area contributed by atoms with Crippen LogP contribution in [0.4, 0.5) is 0 Å². The van der Waals surface area contributed by atoms with Gasteiger partial charge in [0.25, 0.3) is 0 Å². The van der Waals surface area contributed by atoms with E-state index in [1.807, 2.05) is 13.8 Å². The van der Waals surface area contributed by atoms with E-state index in [-0.39, 0.29) is 12.6 Å². The molecule has 0 fully saturated rings. The van der Waals surface area contributed by atoms with E-state index in [1.54, 1.807) is 7.11 Å². The fourth-order valence-electron chi connectivity index (χ4n) is 1.34. The molecule has 1 atom stereocenters. The molecule has 1 unspecified atom stereocenters. The highest BCUT2D eigenvalue weighted by Gasteiger charge is 2.15. The Bertz CT molecular complexity index is 212. The average molecular weight is 262 g/mol. The molecule has 3 N–H and O–H groups in total. The summed E-state index contributed by atoms with van der Waals surface area (Å²) in [5.41, 5.74) is 5.25. The number of primary amides is 1. The normalized spacial score (nSPS) is 12.9. The molecule has 0 bridgehead atoms. The van der Waals surface area contributed by atoms with Crippen molar-refractivity contribution in [3.63, 3.8) is 0 Å². The van der Waals surface area contributed by atoms with Crippen LogP contribution in [0, 0.1) is 0 Å². The SMILES string of the molecule is COCCCOCCOCC(NC(C)C)C(N)=O. The van der Waals surface area contributed by atoms with Crippen LogP contribution in [-0.2, 0) is 19.0 Å². The van der Waals surface area contributed by atoms with Crippen LogP contribution in [0.2, 0.25) is 0 Å². The van der Waals surface area contributed by atoms with Gasteiger partial charge in [0.05, 0.1) is 19.8 Å². The van der Waals surface area contributed by atoms with Gasteiger partial charge >= 0.3 is 0 Å². The number of rotatable bonds is 12. The number of carbonyl (C=O) groups excluding carboxylic acids is 1. The Hall–Kier alpha value is -0.690. The predicted octanol–water partition coefficient (Wildman–Crippen LogP) is -0.0920. The first-order valence-electron chi connectivity index (χ1n) is 6.27. The lowest BCUT2D eigenvalue weighted by molar-refractivity contribution is -0.121. The summed E-state index contributed by atoms with van der Waals surface area (Å²) < 4.78 is 15.6. The zero-order valence-electron chi connectivity index (χ0n) is 11.6. The molecule has 18 heavy (non-hydrogen) atoms. The Morgan fingerprint density at radius 1 is 1.17 bits per heavy atom. The molecule has 0 radical (unpaired) electrons. The summed E-state index contributed by atoms with van der Waals surface area (Å²) >= 11 is 0. The highest BCUT2D eigenvalue weighted by Crippen LogP contribution is 1.90. The van der Waals surface area contributed by atoms with E-state index in [9.17, 15) is 4.79 Å². The summed E-state index contributed by atoms with van der Waals surface area (Å²) in [6.07, 6.45) is 0.870. The lowest BCUT2D eigenvalue weighted by Gasteiger charge is -2.18. The van der Waals surface area contributed by atoms with Gasteiger partial charge in [-0.15, -0.1) is 0 Å². The van der Waals surface area contributed by atoms with E-state index in [0.717, 1.165) is 6.42 Å². The maximum Gasteiger partial charge on any atom is 0.236 e. The molecule has 0 aliphatic carbocycles. The summed E-state index contributed by atoms with van der Waals surface area (Å²) in [7, 11) is 1.66.